The third-order valence-corrected chi connectivity index (χ3v) is 8.37. The summed E-state index contributed by atoms with van der Waals surface area (Å²) in [5.74, 6) is -2.02. The average molecular weight is 643 g/mol. The molecule has 1 aliphatic rings. The molecule has 0 bridgehead atoms. The zero-order valence-corrected chi connectivity index (χ0v) is 25.7. The smallest absolute Gasteiger partial charge is 0.337 e. The van der Waals surface area contributed by atoms with Crippen molar-refractivity contribution < 1.29 is 36.9 Å². The van der Waals surface area contributed by atoms with Gasteiger partial charge < -0.3 is 23.5 Å². The molecular weight excluding hydrogens is 613 g/mol. The summed E-state index contributed by atoms with van der Waals surface area (Å²) in [5, 5.41) is 8.94. The number of carbonyl (C=O) groups excluding carboxylic acids is 1. The third-order valence-electron chi connectivity index (χ3n) is 8.37. The number of rotatable bonds is 9. The molecule has 2 atom stereocenters. The maximum absolute atomic E-state index is 15.7. The monoisotopic (exact) mass is 642 g/mol. The number of hydrogen-bond acceptors (Lipinski definition) is 8. The van der Waals surface area contributed by atoms with Gasteiger partial charge in [-0.1, -0.05) is 12.1 Å². The van der Waals surface area contributed by atoms with Crippen LogP contribution in [0.25, 0.3) is 22.3 Å². The summed E-state index contributed by atoms with van der Waals surface area (Å²) in [4.78, 5) is 21.4. The molecule has 3 heterocycles. The molecule has 2 aromatic heterocycles. The van der Waals surface area contributed by atoms with Gasteiger partial charge in [0.1, 0.15) is 35.5 Å². The Bertz CT molecular complexity index is 2040. The highest BCUT2D eigenvalue weighted by Crippen LogP contribution is 2.37. The second-order valence-electron chi connectivity index (χ2n) is 11.3. The molecule has 1 saturated heterocycles. The van der Waals surface area contributed by atoms with E-state index in [1.165, 1.54) is 31.4 Å². The van der Waals surface area contributed by atoms with Crippen LogP contribution in [0.1, 0.15) is 45.8 Å². The lowest BCUT2D eigenvalue weighted by atomic mass is 9.99. The Balaban J connectivity index is 1.31. The van der Waals surface area contributed by atoms with E-state index in [-0.39, 0.29) is 59.5 Å². The molecule has 0 saturated carbocycles. The SMILES string of the molecule is COC(=O)c1ccc2nc(Cc3cc(F)c(-c4cccc(OCc5ccc(C#N)cc5F)n4)cc3F)n([C@@H]3COC[C@]3(C)OC)c2c1. The molecule has 0 unspecified atom stereocenters. The van der Waals surface area contributed by atoms with Crippen molar-refractivity contribution >= 4 is 17.0 Å². The van der Waals surface area contributed by atoms with Gasteiger partial charge in [-0.15, -0.1) is 0 Å². The normalized spacial score (nSPS) is 17.5. The van der Waals surface area contributed by atoms with Crippen LogP contribution < -0.4 is 4.74 Å². The van der Waals surface area contributed by atoms with Crippen LogP contribution in [0.5, 0.6) is 5.88 Å². The van der Waals surface area contributed by atoms with E-state index < -0.39 is 29.0 Å². The highest BCUT2D eigenvalue weighted by atomic mass is 19.1. The lowest BCUT2D eigenvalue weighted by Gasteiger charge is -2.30. The molecular formula is C35H29F3N4O5. The third kappa shape index (κ3) is 6.15. The van der Waals surface area contributed by atoms with Crippen molar-refractivity contribution in [2.24, 2.45) is 0 Å². The highest BCUT2D eigenvalue weighted by molar-refractivity contribution is 5.93. The number of aromatic nitrogens is 3. The topological polar surface area (TPSA) is 108 Å². The second-order valence-corrected chi connectivity index (χ2v) is 11.3. The summed E-state index contributed by atoms with van der Waals surface area (Å²) in [5.41, 5.74) is 1.19. The number of ether oxygens (including phenoxy) is 4. The number of esters is 1. The number of pyridine rings is 1. The Morgan fingerprint density at radius 2 is 1.83 bits per heavy atom. The molecule has 1 fully saturated rings. The average Bonchev–Trinajstić information content (AvgIpc) is 3.64. The molecule has 0 N–H and O–H groups in total. The molecule has 240 valence electrons. The summed E-state index contributed by atoms with van der Waals surface area (Å²) in [6.45, 7) is 2.30. The Morgan fingerprint density at radius 3 is 2.57 bits per heavy atom. The highest BCUT2D eigenvalue weighted by Gasteiger charge is 2.43. The molecule has 3 aromatic carbocycles. The number of nitrogens with zero attached hydrogens (tertiary/aromatic N) is 4. The fraction of sp³-hybridized carbons (Fsp3) is 0.257. The summed E-state index contributed by atoms with van der Waals surface area (Å²) in [6.07, 6.45) is -0.0751. The van der Waals surface area contributed by atoms with Gasteiger partial charge in [-0.05, 0) is 61.0 Å². The van der Waals surface area contributed by atoms with Crippen molar-refractivity contribution in [3.05, 3.63) is 112 Å². The van der Waals surface area contributed by atoms with Crippen molar-refractivity contribution in [2.75, 3.05) is 27.4 Å². The number of benzene rings is 3. The Hall–Kier alpha value is -5.25. The van der Waals surface area contributed by atoms with Gasteiger partial charge in [0.2, 0.25) is 5.88 Å². The van der Waals surface area contributed by atoms with Gasteiger partial charge in [0, 0.05) is 30.7 Å². The molecule has 9 nitrogen and oxygen atoms in total. The molecule has 0 aliphatic carbocycles. The number of halogens is 3. The van der Waals surface area contributed by atoms with Crippen LogP contribution in [0.15, 0.2) is 66.7 Å². The van der Waals surface area contributed by atoms with E-state index in [1.54, 1.807) is 31.4 Å². The van der Waals surface area contributed by atoms with E-state index in [4.69, 9.17) is 29.2 Å². The van der Waals surface area contributed by atoms with Gasteiger partial charge >= 0.3 is 5.97 Å². The predicted octanol–water partition coefficient (Wildman–Crippen LogP) is 6.32. The zero-order valence-electron chi connectivity index (χ0n) is 25.7. The zero-order chi connectivity index (χ0) is 33.3. The van der Waals surface area contributed by atoms with Crippen LogP contribution in [-0.2, 0) is 27.2 Å². The fourth-order valence-corrected chi connectivity index (χ4v) is 5.67. The second kappa shape index (κ2) is 12.9. The van der Waals surface area contributed by atoms with Gasteiger partial charge in [0.25, 0.3) is 0 Å². The lowest BCUT2D eigenvalue weighted by molar-refractivity contribution is -0.0218. The predicted molar refractivity (Wildman–Crippen MR) is 164 cm³/mol. The lowest BCUT2D eigenvalue weighted by Crippen LogP contribution is -2.38. The number of hydrogen-bond donors (Lipinski definition) is 0. The first kappa shape index (κ1) is 31.7. The summed E-state index contributed by atoms with van der Waals surface area (Å²) in [7, 11) is 2.87. The van der Waals surface area contributed by atoms with Crippen molar-refractivity contribution in [3.63, 3.8) is 0 Å². The number of imidazole rings is 1. The van der Waals surface area contributed by atoms with E-state index in [0.717, 1.165) is 18.2 Å². The fourth-order valence-electron chi connectivity index (χ4n) is 5.67. The van der Waals surface area contributed by atoms with Crippen molar-refractivity contribution in [1.82, 2.24) is 14.5 Å². The Morgan fingerprint density at radius 1 is 1.02 bits per heavy atom. The standard InChI is InChI=1S/C35H29F3N4O5/c1-35(45-3)19-46-18-31(35)42-30-13-21(34(43)44-2)9-10-29(30)40-32(42)14-23-12-27(38)24(15-26(23)37)28-5-4-6-33(41-28)47-17-22-8-7-20(16-39)11-25(22)36/h4-13,15,31H,14,17-19H2,1-3H3/t31-,35+/m1/s1. The first-order valence-electron chi connectivity index (χ1n) is 14.6. The van der Waals surface area contributed by atoms with E-state index in [0.29, 0.717) is 29.0 Å². The minimum absolute atomic E-state index is 0.0535. The largest absolute Gasteiger partial charge is 0.473 e. The Labute approximate surface area is 268 Å². The summed E-state index contributed by atoms with van der Waals surface area (Å²) in [6, 6.07) is 17.2. The van der Waals surface area contributed by atoms with Gasteiger partial charge in [-0.3, -0.25) is 0 Å². The molecule has 0 radical (unpaired) electrons. The van der Waals surface area contributed by atoms with E-state index >= 15 is 8.78 Å². The number of methoxy groups -OCH3 is 2. The number of fused-ring (bicyclic) bond motifs is 1. The first-order valence-corrected chi connectivity index (χ1v) is 14.6. The summed E-state index contributed by atoms with van der Waals surface area (Å²) >= 11 is 0. The van der Waals surface area contributed by atoms with Gasteiger partial charge in [-0.2, -0.15) is 5.26 Å². The van der Waals surface area contributed by atoms with Crippen LogP contribution in [0.4, 0.5) is 13.2 Å². The molecule has 1 aliphatic heterocycles. The van der Waals surface area contributed by atoms with Gasteiger partial charge in [-0.25, -0.2) is 27.9 Å². The molecule has 5 aromatic rings. The minimum Gasteiger partial charge on any atom is -0.473 e. The van der Waals surface area contributed by atoms with Crippen molar-refractivity contribution in [2.45, 2.75) is 31.6 Å². The quantitative estimate of drug-likeness (QED) is 0.172. The molecule has 47 heavy (non-hydrogen) atoms. The van der Waals surface area contributed by atoms with Crippen LogP contribution >= 0.6 is 0 Å². The van der Waals surface area contributed by atoms with Crippen LogP contribution in [0.3, 0.4) is 0 Å². The molecule has 12 heteroatoms. The van der Waals surface area contributed by atoms with E-state index in [2.05, 4.69) is 4.98 Å². The molecule has 6 rings (SSSR count). The van der Waals surface area contributed by atoms with E-state index in [9.17, 15) is 9.18 Å². The number of nitriles is 1. The van der Waals surface area contributed by atoms with E-state index in [1.807, 2.05) is 17.6 Å². The van der Waals surface area contributed by atoms with Crippen molar-refractivity contribution in [3.8, 4) is 23.2 Å². The molecule has 0 spiro atoms. The summed E-state index contributed by atoms with van der Waals surface area (Å²) < 4.78 is 69.6. The molecule has 0 amide bonds. The van der Waals surface area contributed by atoms with Gasteiger partial charge in [0.15, 0.2) is 0 Å². The van der Waals surface area contributed by atoms with Crippen molar-refractivity contribution in [1.29, 1.82) is 5.26 Å². The van der Waals surface area contributed by atoms with Crippen LogP contribution in [0.2, 0.25) is 0 Å². The maximum Gasteiger partial charge on any atom is 0.337 e. The first-order chi connectivity index (χ1) is 22.6. The maximum atomic E-state index is 15.7. The minimum atomic E-state index is -0.748. The number of carbonyl (C=O) groups is 1. The van der Waals surface area contributed by atoms with Gasteiger partial charge in [0.05, 0.1) is 60.3 Å². The Kier molecular flexibility index (Phi) is 8.68. The van der Waals surface area contributed by atoms with Crippen LogP contribution in [-0.4, -0.2) is 53.5 Å². The van der Waals surface area contributed by atoms with Crippen LogP contribution in [0, 0.1) is 28.8 Å².